The first kappa shape index (κ1) is 41.8. The minimum atomic E-state index is -1.24. The van der Waals surface area contributed by atoms with E-state index < -0.39 is 60.3 Å². The molecule has 0 aromatic heterocycles. The fourth-order valence-electron chi connectivity index (χ4n) is 7.60. The highest BCUT2D eigenvalue weighted by molar-refractivity contribution is 6.38. The average molecular weight is 775 g/mol. The molecule has 15 nitrogen and oxygen atoms in total. The fourth-order valence-corrected chi connectivity index (χ4v) is 7.60. The molecule has 0 spiro atoms. The van der Waals surface area contributed by atoms with Gasteiger partial charge in [0.15, 0.2) is 0 Å². The van der Waals surface area contributed by atoms with E-state index in [0.29, 0.717) is 17.7 Å². The van der Waals surface area contributed by atoms with Gasteiger partial charge in [-0.15, -0.1) is 0 Å². The van der Waals surface area contributed by atoms with Gasteiger partial charge in [0.25, 0.3) is 5.91 Å². The Kier molecular flexibility index (Phi) is 15.0. The van der Waals surface area contributed by atoms with Crippen LogP contribution in [-0.4, -0.2) is 116 Å². The van der Waals surface area contributed by atoms with E-state index in [1.54, 1.807) is 63.5 Å². The zero-order chi connectivity index (χ0) is 40.2. The maximum Gasteiger partial charge on any atom is 0.290 e. The molecule has 15 heteroatoms. The van der Waals surface area contributed by atoms with Gasteiger partial charge in [0.1, 0.15) is 30.5 Å². The fraction of sp³-hybridized carbons (Fsp3) is 0.537. The molecule has 2 heterocycles. The molecule has 1 saturated heterocycles. The number of nitrogens with zero attached hydrogens (tertiary/aromatic N) is 2. The Hall–Kier alpha value is -5.31. The molecule has 4 N–H and O–H groups in total. The number of ketones is 1. The summed E-state index contributed by atoms with van der Waals surface area (Å²) in [5.41, 5.74) is 1.28. The van der Waals surface area contributed by atoms with Crippen molar-refractivity contribution in [3.05, 3.63) is 65.7 Å². The lowest BCUT2D eigenvalue weighted by Crippen LogP contribution is -2.58. The third-order valence-electron chi connectivity index (χ3n) is 10.5. The first-order valence-corrected chi connectivity index (χ1v) is 19.6. The first-order valence-electron chi connectivity index (χ1n) is 19.6. The SMILES string of the molecule is CCCC(NC(=O)[C@@H]1C[C@@H]2CN1C(=O)[C@@H](C1CCCCC1)NC(=O)Cc1cccc(c1)OCCO2)C(=O)C(=O)NCC(=O)N[C@H](C(=O)N(C)C)c1ccccc1. The number of nitrogens with one attached hydrogen (secondary N) is 4. The Labute approximate surface area is 327 Å². The molecule has 302 valence electrons. The van der Waals surface area contributed by atoms with Gasteiger partial charge in [0, 0.05) is 27.1 Å². The molecule has 56 heavy (non-hydrogen) atoms. The lowest BCUT2D eigenvalue weighted by molar-refractivity contribution is -0.144. The number of hydrogen-bond donors (Lipinski definition) is 4. The topological polar surface area (TPSA) is 193 Å². The normalized spacial score (nSPS) is 21.6. The number of fused-ring (bicyclic) bond motifs is 4. The molecule has 2 fully saturated rings. The summed E-state index contributed by atoms with van der Waals surface area (Å²) in [6, 6.07) is 11.7. The van der Waals surface area contributed by atoms with Gasteiger partial charge in [-0.3, -0.25) is 33.6 Å². The van der Waals surface area contributed by atoms with Gasteiger partial charge in [0.05, 0.1) is 31.7 Å². The van der Waals surface area contributed by atoms with Crippen molar-refractivity contribution in [3.63, 3.8) is 0 Å². The van der Waals surface area contributed by atoms with Gasteiger partial charge in [-0.1, -0.05) is 75.1 Å². The Morgan fingerprint density at radius 3 is 2.41 bits per heavy atom. The van der Waals surface area contributed by atoms with Crippen LogP contribution in [0.1, 0.15) is 75.5 Å². The number of Topliss-reactive ketones (excluding diaryl/α,β-unsaturated/α-hetero) is 1. The number of amides is 6. The molecular formula is C41H54N6O9. The monoisotopic (exact) mass is 774 g/mol. The van der Waals surface area contributed by atoms with Crippen molar-refractivity contribution in [2.45, 2.75) is 95.0 Å². The van der Waals surface area contributed by atoms with E-state index in [4.69, 9.17) is 9.47 Å². The van der Waals surface area contributed by atoms with E-state index in [2.05, 4.69) is 21.3 Å². The second-order valence-corrected chi connectivity index (χ2v) is 14.9. The molecule has 5 atom stereocenters. The van der Waals surface area contributed by atoms with E-state index in [1.807, 2.05) is 12.1 Å². The minimum absolute atomic E-state index is 0.0447. The number of benzene rings is 2. The van der Waals surface area contributed by atoms with Crippen molar-refractivity contribution < 1.29 is 43.0 Å². The van der Waals surface area contributed by atoms with Crippen LogP contribution < -0.4 is 26.0 Å². The van der Waals surface area contributed by atoms with Gasteiger partial charge in [-0.2, -0.15) is 0 Å². The van der Waals surface area contributed by atoms with Crippen molar-refractivity contribution in [2.75, 3.05) is 40.4 Å². The van der Waals surface area contributed by atoms with Crippen LogP contribution in [-0.2, 0) is 44.7 Å². The van der Waals surface area contributed by atoms with Crippen molar-refractivity contribution in [3.8, 4) is 5.75 Å². The van der Waals surface area contributed by atoms with Crippen LogP contribution in [0, 0.1) is 5.92 Å². The number of hydrogen-bond acceptors (Lipinski definition) is 9. The van der Waals surface area contributed by atoms with E-state index in [1.165, 1.54) is 9.80 Å². The van der Waals surface area contributed by atoms with Gasteiger partial charge in [-0.25, -0.2) is 0 Å². The summed E-state index contributed by atoms with van der Waals surface area (Å²) in [5, 5.41) is 10.7. The van der Waals surface area contributed by atoms with E-state index >= 15 is 0 Å². The van der Waals surface area contributed by atoms with Crippen LogP contribution in [0.3, 0.4) is 0 Å². The first-order chi connectivity index (χ1) is 26.9. The van der Waals surface area contributed by atoms with Crippen LogP contribution in [0.2, 0.25) is 0 Å². The standard InChI is InChI=1S/C41H54N6O9/c1-4-12-31(37(50)39(52)42-24-34(49)45-35(40(53)46(2)3)27-14-7-5-8-15-27)43-38(51)32-23-30-25-47(32)41(54)36(28-16-9-6-10-17-28)44-33(48)22-26-13-11-18-29(21-26)55-19-20-56-30/h5,7-8,11,13-15,18,21,28,30-32,35-36H,4,6,9-10,12,16-17,19-20,22-25H2,1-3H3,(H,42,52)(H,43,51)(H,44,48)(H,45,49)/t30-,31?,32+,35+,36-/m1/s1. The van der Waals surface area contributed by atoms with E-state index in [-0.39, 0.29) is 62.7 Å². The van der Waals surface area contributed by atoms with Crippen LogP contribution >= 0.6 is 0 Å². The zero-order valence-corrected chi connectivity index (χ0v) is 32.4. The molecule has 5 rings (SSSR count). The molecule has 2 aromatic rings. The predicted octanol–water partition coefficient (Wildman–Crippen LogP) is 1.59. The number of carbonyl (C=O) groups is 7. The molecule has 1 saturated carbocycles. The van der Waals surface area contributed by atoms with Crippen LogP contribution in [0.5, 0.6) is 5.75 Å². The van der Waals surface area contributed by atoms with Crippen LogP contribution in [0.25, 0.3) is 0 Å². The Morgan fingerprint density at radius 2 is 1.70 bits per heavy atom. The molecule has 1 unspecified atom stereocenters. The summed E-state index contributed by atoms with van der Waals surface area (Å²) in [6.07, 6.45) is 4.60. The average Bonchev–Trinajstić information content (AvgIpc) is 3.63. The van der Waals surface area contributed by atoms with Crippen molar-refractivity contribution in [1.82, 2.24) is 31.1 Å². The minimum Gasteiger partial charge on any atom is -0.491 e. The summed E-state index contributed by atoms with van der Waals surface area (Å²) >= 11 is 0. The van der Waals surface area contributed by atoms with Gasteiger partial charge >= 0.3 is 0 Å². The zero-order valence-electron chi connectivity index (χ0n) is 32.4. The summed E-state index contributed by atoms with van der Waals surface area (Å²) in [7, 11) is 3.12. The Balaban J connectivity index is 1.28. The Bertz CT molecular complexity index is 1730. The van der Waals surface area contributed by atoms with Crippen molar-refractivity contribution in [1.29, 1.82) is 0 Å². The second-order valence-electron chi connectivity index (χ2n) is 14.9. The number of ether oxygens (including phenoxy) is 2. The third kappa shape index (κ3) is 11.1. The van der Waals surface area contributed by atoms with E-state index in [0.717, 1.165) is 37.7 Å². The maximum absolute atomic E-state index is 14.5. The summed E-state index contributed by atoms with van der Waals surface area (Å²) < 4.78 is 12.0. The molecule has 4 bridgehead atoms. The van der Waals surface area contributed by atoms with Gasteiger partial charge < -0.3 is 40.5 Å². The molecule has 3 aliphatic rings. The van der Waals surface area contributed by atoms with Crippen molar-refractivity contribution in [2.24, 2.45) is 5.92 Å². The Morgan fingerprint density at radius 1 is 0.946 bits per heavy atom. The van der Waals surface area contributed by atoms with Crippen molar-refractivity contribution >= 4 is 41.2 Å². The smallest absolute Gasteiger partial charge is 0.290 e. The highest BCUT2D eigenvalue weighted by atomic mass is 16.5. The molecule has 6 amide bonds. The highest BCUT2D eigenvalue weighted by Gasteiger charge is 2.45. The second kappa shape index (κ2) is 20.0. The van der Waals surface area contributed by atoms with Gasteiger partial charge in [-0.05, 0) is 48.4 Å². The quantitative estimate of drug-likeness (QED) is 0.232. The number of rotatable bonds is 12. The molecule has 2 aromatic carbocycles. The van der Waals surface area contributed by atoms with E-state index in [9.17, 15) is 33.6 Å². The summed E-state index contributed by atoms with van der Waals surface area (Å²) in [4.78, 5) is 97.1. The molecule has 0 radical (unpaired) electrons. The summed E-state index contributed by atoms with van der Waals surface area (Å²) in [5.74, 6) is -3.97. The summed E-state index contributed by atoms with van der Waals surface area (Å²) in [6.45, 7) is 1.69. The molecular weight excluding hydrogens is 720 g/mol. The van der Waals surface area contributed by atoms with Gasteiger partial charge in [0.2, 0.25) is 35.3 Å². The lowest BCUT2D eigenvalue weighted by atomic mass is 9.83. The largest absolute Gasteiger partial charge is 0.491 e. The molecule has 1 aliphatic carbocycles. The number of carbonyl (C=O) groups excluding carboxylic acids is 7. The maximum atomic E-state index is 14.5. The number of likely N-dealkylation sites (N-methyl/N-ethyl adjacent to an activating group) is 1. The highest BCUT2D eigenvalue weighted by Crippen LogP contribution is 2.30. The third-order valence-corrected chi connectivity index (χ3v) is 10.5. The lowest BCUT2D eigenvalue weighted by Gasteiger charge is -2.35. The van der Waals surface area contributed by atoms with Crippen LogP contribution in [0.4, 0.5) is 0 Å². The molecule has 2 aliphatic heterocycles. The van der Waals surface area contributed by atoms with Crippen LogP contribution in [0.15, 0.2) is 54.6 Å². The predicted molar refractivity (Wildman–Crippen MR) is 205 cm³/mol.